The van der Waals surface area contributed by atoms with Crippen molar-refractivity contribution in [3.8, 4) is 0 Å². The van der Waals surface area contributed by atoms with Crippen LogP contribution in [0.5, 0.6) is 0 Å². The van der Waals surface area contributed by atoms with Crippen molar-refractivity contribution in [3.05, 3.63) is 0 Å². The Morgan fingerprint density at radius 3 is 2.38 bits per heavy atom. The third-order valence-electron chi connectivity index (χ3n) is 3.01. The lowest BCUT2D eigenvalue weighted by atomic mass is 9.77. The molecule has 0 aliphatic heterocycles. The van der Waals surface area contributed by atoms with Gasteiger partial charge in [0, 0.05) is 12.3 Å². The molecule has 0 saturated heterocycles. The van der Waals surface area contributed by atoms with Crippen LogP contribution in [0, 0.1) is 0 Å². The normalized spacial score (nSPS) is 19.1. The van der Waals surface area contributed by atoms with Crippen LogP contribution in [0.3, 0.4) is 0 Å². The Bertz CT molecular complexity index is 346. The third-order valence-corrected chi connectivity index (χ3v) is 4.86. The average Bonchev–Trinajstić information content (AvgIpc) is 2.08. The first-order chi connectivity index (χ1) is 7.42. The second kappa shape index (κ2) is 5.14. The van der Waals surface area contributed by atoms with Gasteiger partial charge in [0.05, 0.1) is 5.75 Å². The minimum Gasteiger partial charge on any atom is -0.480 e. The van der Waals surface area contributed by atoms with Crippen LogP contribution < -0.4 is 5.32 Å². The highest BCUT2D eigenvalue weighted by Gasteiger charge is 2.43. The Balaban J connectivity index is 2.38. The van der Waals surface area contributed by atoms with Gasteiger partial charge in [0.1, 0.15) is 5.54 Å². The fourth-order valence-corrected chi connectivity index (χ4v) is 3.09. The van der Waals surface area contributed by atoms with Gasteiger partial charge < -0.3 is 10.4 Å². The number of nitrogens with one attached hydrogen (secondary N) is 1. The lowest BCUT2D eigenvalue weighted by Gasteiger charge is -2.38. The second-order valence-corrected chi connectivity index (χ2v) is 6.62. The first-order valence-corrected chi connectivity index (χ1v) is 7.43. The molecule has 16 heavy (non-hydrogen) atoms. The number of rotatable bonds is 7. The first kappa shape index (κ1) is 13.4. The summed E-state index contributed by atoms with van der Waals surface area (Å²) in [5.41, 5.74) is -0.859. The lowest BCUT2D eigenvalue weighted by molar-refractivity contribution is -0.148. The quantitative estimate of drug-likeness (QED) is 0.682. The zero-order valence-electron chi connectivity index (χ0n) is 9.53. The van der Waals surface area contributed by atoms with E-state index in [1.807, 2.05) is 6.92 Å². The number of carbonyl (C=O) groups is 1. The van der Waals surface area contributed by atoms with Crippen LogP contribution in [0.1, 0.15) is 32.6 Å². The van der Waals surface area contributed by atoms with Crippen LogP contribution in [-0.4, -0.2) is 43.1 Å². The van der Waals surface area contributed by atoms with Gasteiger partial charge in [-0.1, -0.05) is 6.92 Å². The van der Waals surface area contributed by atoms with E-state index in [0.29, 0.717) is 19.3 Å². The fraction of sp³-hybridized carbons (Fsp3) is 0.900. The van der Waals surface area contributed by atoms with Crippen molar-refractivity contribution in [1.29, 1.82) is 0 Å². The van der Waals surface area contributed by atoms with Gasteiger partial charge in [0.25, 0.3) is 0 Å². The van der Waals surface area contributed by atoms with Crippen LogP contribution in [0.2, 0.25) is 0 Å². The molecule has 1 aliphatic carbocycles. The smallest absolute Gasteiger partial charge is 0.323 e. The molecule has 1 rings (SSSR count). The van der Waals surface area contributed by atoms with E-state index in [1.54, 1.807) is 0 Å². The summed E-state index contributed by atoms with van der Waals surface area (Å²) in [5.74, 6) is -0.670. The van der Waals surface area contributed by atoms with Gasteiger partial charge in [-0.15, -0.1) is 0 Å². The molecule has 94 valence electrons. The standard InChI is InChI=1S/C10H19NO4S/c1-2-7-16(14,15)8-6-11-10(9(12)13)4-3-5-10/h11H,2-8H2,1H3,(H,12,13). The van der Waals surface area contributed by atoms with E-state index in [4.69, 9.17) is 5.11 Å². The van der Waals surface area contributed by atoms with Gasteiger partial charge >= 0.3 is 5.97 Å². The largest absolute Gasteiger partial charge is 0.480 e. The van der Waals surface area contributed by atoms with Crippen molar-refractivity contribution in [2.24, 2.45) is 0 Å². The highest BCUT2D eigenvalue weighted by atomic mass is 32.2. The van der Waals surface area contributed by atoms with E-state index in [1.165, 1.54) is 0 Å². The molecule has 0 heterocycles. The maximum atomic E-state index is 11.4. The molecule has 1 aliphatic rings. The molecule has 0 radical (unpaired) electrons. The van der Waals surface area contributed by atoms with Crippen molar-refractivity contribution in [3.63, 3.8) is 0 Å². The molecule has 1 saturated carbocycles. The minimum atomic E-state index is -3.02. The highest BCUT2D eigenvalue weighted by Crippen LogP contribution is 2.31. The van der Waals surface area contributed by atoms with Crippen LogP contribution in [-0.2, 0) is 14.6 Å². The summed E-state index contributed by atoms with van der Waals surface area (Å²) in [4.78, 5) is 11.0. The summed E-state index contributed by atoms with van der Waals surface area (Å²) in [7, 11) is -3.02. The van der Waals surface area contributed by atoms with Crippen molar-refractivity contribution >= 4 is 15.8 Å². The summed E-state index contributed by atoms with van der Waals surface area (Å²) in [5, 5.41) is 11.9. The molecule has 0 aromatic heterocycles. The van der Waals surface area contributed by atoms with Crippen LogP contribution in [0.25, 0.3) is 0 Å². The summed E-state index contributed by atoms with van der Waals surface area (Å²) >= 11 is 0. The lowest BCUT2D eigenvalue weighted by Crippen LogP contribution is -2.58. The Hall–Kier alpha value is -0.620. The zero-order chi connectivity index (χ0) is 12.2. The van der Waals surface area contributed by atoms with Gasteiger partial charge in [-0.25, -0.2) is 8.42 Å². The molecule has 2 N–H and O–H groups in total. The highest BCUT2D eigenvalue weighted by molar-refractivity contribution is 7.91. The number of sulfone groups is 1. The maximum Gasteiger partial charge on any atom is 0.323 e. The molecule has 6 heteroatoms. The molecule has 1 fully saturated rings. The average molecular weight is 249 g/mol. The van der Waals surface area contributed by atoms with E-state index >= 15 is 0 Å². The van der Waals surface area contributed by atoms with Gasteiger partial charge in [0.15, 0.2) is 9.84 Å². The number of carboxylic acids is 1. The topological polar surface area (TPSA) is 83.5 Å². The van der Waals surface area contributed by atoms with Crippen molar-refractivity contribution in [2.75, 3.05) is 18.1 Å². The Morgan fingerprint density at radius 1 is 1.38 bits per heavy atom. The number of hydrogen-bond donors (Lipinski definition) is 2. The van der Waals surface area contributed by atoms with E-state index in [2.05, 4.69) is 5.32 Å². The SMILES string of the molecule is CCCS(=O)(=O)CCNC1(C(=O)O)CCC1. The van der Waals surface area contributed by atoms with Crippen LogP contribution in [0.15, 0.2) is 0 Å². The number of hydrogen-bond acceptors (Lipinski definition) is 4. The predicted molar refractivity (Wildman–Crippen MR) is 61.2 cm³/mol. The molecule has 5 nitrogen and oxygen atoms in total. The van der Waals surface area contributed by atoms with Gasteiger partial charge in [-0.2, -0.15) is 0 Å². The molecule has 0 aromatic rings. The maximum absolute atomic E-state index is 11.4. The molecule has 0 amide bonds. The van der Waals surface area contributed by atoms with E-state index in [0.717, 1.165) is 6.42 Å². The summed E-state index contributed by atoms with van der Waals surface area (Å²) in [6.45, 7) is 2.05. The Labute approximate surface area is 96.1 Å². The first-order valence-electron chi connectivity index (χ1n) is 5.61. The third kappa shape index (κ3) is 3.18. The molecule has 0 unspecified atom stereocenters. The molecule has 0 bridgehead atoms. The number of carboxylic acid groups (broad SMARTS) is 1. The minimum absolute atomic E-state index is 0.0237. The Kier molecular flexibility index (Phi) is 4.32. The Morgan fingerprint density at radius 2 is 2.00 bits per heavy atom. The molecule has 0 spiro atoms. The van der Waals surface area contributed by atoms with Crippen molar-refractivity contribution in [1.82, 2.24) is 5.32 Å². The van der Waals surface area contributed by atoms with Crippen LogP contribution in [0.4, 0.5) is 0 Å². The second-order valence-electron chi connectivity index (χ2n) is 4.32. The molecular weight excluding hydrogens is 230 g/mol. The van der Waals surface area contributed by atoms with Gasteiger partial charge in [-0.05, 0) is 25.7 Å². The summed E-state index contributed by atoms with van der Waals surface area (Å²) in [6, 6.07) is 0. The molecular formula is C10H19NO4S. The van der Waals surface area contributed by atoms with Crippen molar-refractivity contribution in [2.45, 2.75) is 38.1 Å². The van der Waals surface area contributed by atoms with Crippen molar-refractivity contribution < 1.29 is 18.3 Å². The molecule has 0 atom stereocenters. The fourth-order valence-electron chi connectivity index (χ4n) is 1.86. The predicted octanol–water partition coefficient (Wildman–Crippen LogP) is 0.408. The number of aliphatic carboxylic acids is 1. The van der Waals surface area contributed by atoms with Crippen LogP contribution >= 0.6 is 0 Å². The zero-order valence-corrected chi connectivity index (χ0v) is 10.3. The van der Waals surface area contributed by atoms with E-state index in [9.17, 15) is 13.2 Å². The van der Waals surface area contributed by atoms with Gasteiger partial charge in [-0.3, -0.25) is 4.79 Å². The summed E-state index contributed by atoms with van der Waals surface area (Å²) < 4.78 is 22.8. The van der Waals surface area contributed by atoms with Gasteiger partial charge in [0.2, 0.25) is 0 Å². The summed E-state index contributed by atoms with van der Waals surface area (Å²) in [6.07, 6.45) is 2.68. The van der Waals surface area contributed by atoms with E-state index < -0.39 is 21.3 Å². The monoisotopic (exact) mass is 249 g/mol. The molecule has 0 aromatic carbocycles. The van der Waals surface area contributed by atoms with E-state index in [-0.39, 0.29) is 18.1 Å².